The van der Waals surface area contributed by atoms with E-state index >= 15 is 0 Å². The fourth-order valence-electron chi connectivity index (χ4n) is 5.42. The van der Waals surface area contributed by atoms with Crippen LogP contribution < -0.4 is 9.62 Å². The van der Waals surface area contributed by atoms with Crippen molar-refractivity contribution >= 4 is 50.7 Å². The normalized spacial score (nSPS) is 14.9. The summed E-state index contributed by atoms with van der Waals surface area (Å²) >= 11 is 12.9. The highest BCUT2D eigenvalue weighted by Gasteiger charge is 2.31. The van der Waals surface area contributed by atoms with Crippen LogP contribution in [-0.2, 0) is 26.2 Å². The van der Waals surface area contributed by atoms with Crippen LogP contribution in [0.25, 0.3) is 0 Å². The number of halogens is 2. The second kappa shape index (κ2) is 14.6. The first-order chi connectivity index (χ1) is 18.9. The molecular weight excluding hydrogens is 569 g/mol. The summed E-state index contributed by atoms with van der Waals surface area (Å²) in [4.78, 5) is 28.7. The predicted molar refractivity (Wildman–Crippen MR) is 163 cm³/mol. The third-order valence-electron chi connectivity index (χ3n) is 7.37. The van der Waals surface area contributed by atoms with Crippen LogP contribution in [0.2, 0.25) is 10.0 Å². The van der Waals surface area contributed by atoms with Crippen LogP contribution in [0.3, 0.4) is 0 Å². The van der Waals surface area contributed by atoms with Gasteiger partial charge in [-0.15, -0.1) is 0 Å². The molecule has 2 aromatic carbocycles. The molecule has 2 amide bonds. The number of sulfonamides is 1. The lowest BCUT2D eigenvalue weighted by Crippen LogP contribution is -2.51. The maximum absolute atomic E-state index is 13.7. The Morgan fingerprint density at radius 1 is 1.02 bits per heavy atom. The van der Waals surface area contributed by atoms with E-state index in [4.69, 9.17) is 23.2 Å². The van der Waals surface area contributed by atoms with Crippen molar-refractivity contribution in [3.63, 3.8) is 0 Å². The van der Waals surface area contributed by atoms with Gasteiger partial charge >= 0.3 is 0 Å². The van der Waals surface area contributed by atoms with Gasteiger partial charge in [-0.2, -0.15) is 0 Å². The lowest BCUT2D eigenvalue weighted by atomic mass is 9.95. The van der Waals surface area contributed by atoms with Crippen LogP contribution in [0.5, 0.6) is 0 Å². The zero-order chi connectivity index (χ0) is 29.4. The Morgan fingerprint density at radius 3 is 2.17 bits per heavy atom. The van der Waals surface area contributed by atoms with E-state index < -0.39 is 16.1 Å². The molecule has 0 heterocycles. The number of hydrogen-bond donors (Lipinski definition) is 1. The zero-order valence-corrected chi connectivity index (χ0v) is 26.2. The number of aryl methyl sites for hydroxylation is 2. The van der Waals surface area contributed by atoms with Gasteiger partial charge in [0.2, 0.25) is 21.8 Å². The van der Waals surface area contributed by atoms with Gasteiger partial charge in [0.15, 0.2) is 0 Å². The molecule has 0 saturated heterocycles. The van der Waals surface area contributed by atoms with Gasteiger partial charge in [0.1, 0.15) is 6.04 Å². The summed E-state index contributed by atoms with van der Waals surface area (Å²) in [5, 5.41) is 4.00. The van der Waals surface area contributed by atoms with Gasteiger partial charge in [0.05, 0.1) is 11.9 Å². The molecule has 7 nitrogen and oxygen atoms in total. The third kappa shape index (κ3) is 8.85. The Hall–Kier alpha value is -2.29. The highest BCUT2D eigenvalue weighted by Crippen LogP contribution is 2.28. The molecule has 1 aliphatic carbocycles. The Kier molecular flexibility index (Phi) is 11.7. The topological polar surface area (TPSA) is 86.8 Å². The lowest BCUT2D eigenvalue weighted by molar-refractivity contribution is -0.141. The van der Waals surface area contributed by atoms with Crippen molar-refractivity contribution in [1.29, 1.82) is 0 Å². The summed E-state index contributed by atoms with van der Waals surface area (Å²) < 4.78 is 26.7. The molecule has 2 aromatic rings. The number of carbonyl (C=O) groups excluding carboxylic acids is 2. The first-order valence-corrected chi connectivity index (χ1v) is 16.6. The molecule has 1 aliphatic rings. The van der Waals surface area contributed by atoms with E-state index in [1.807, 2.05) is 39.0 Å². The molecule has 0 spiro atoms. The number of amides is 2. The van der Waals surface area contributed by atoms with Gasteiger partial charge < -0.3 is 10.2 Å². The zero-order valence-electron chi connectivity index (χ0n) is 23.9. The summed E-state index contributed by atoms with van der Waals surface area (Å²) in [7, 11) is -3.57. The average Bonchev–Trinajstić information content (AvgIpc) is 2.87. The monoisotopic (exact) mass is 609 g/mol. The van der Waals surface area contributed by atoms with Gasteiger partial charge in [-0.25, -0.2) is 8.42 Å². The lowest BCUT2D eigenvalue weighted by Gasteiger charge is -2.33. The van der Waals surface area contributed by atoms with E-state index in [1.165, 1.54) is 17.0 Å². The van der Waals surface area contributed by atoms with Crippen LogP contribution >= 0.6 is 23.2 Å². The van der Waals surface area contributed by atoms with E-state index in [0.717, 1.165) is 36.8 Å². The molecule has 1 N–H and O–H groups in total. The largest absolute Gasteiger partial charge is 0.352 e. The number of nitrogens with zero attached hydrogens (tertiary/aromatic N) is 2. The molecule has 10 heteroatoms. The summed E-state index contributed by atoms with van der Waals surface area (Å²) in [6.07, 6.45) is 7.14. The van der Waals surface area contributed by atoms with Gasteiger partial charge in [0, 0.05) is 41.2 Å². The van der Waals surface area contributed by atoms with E-state index in [-0.39, 0.29) is 43.8 Å². The van der Waals surface area contributed by atoms with Gasteiger partial charge in [-0.3, -0.25) is 13.9 Å². The average molecular weight is 611 g/mol. The van der Waals surface area contributed by atoms with Crippen molar-refractivity contribution in [2.45, 2.75) is 90.8 Å². The van der Waals surface area contributed by atoms with Gasteiger partial charge in [-0.05, 0) is 74.9 Å². The molecule has 220 valence electrons. The first kappa shape index (κ1) is 32.2. The van der Waals surface area contributed by atoms with Gasteiger partial charge in [0.25, 0.3) is 0 Å². The van der Waals surface area contributed by atoms with Crippen LogP contribution in [0.4, 0.5) is 5.69 Å². The number of nitrogens with one attached hydrogen (secondary N) is 1. The molecule has 0 bridgehead atoms. The second-order valence-corrected chi connectivity index (χ2v) is 13.5. The summed E-state index contributed by atoms with van der Waals surface area (Å²) in [6.45, 7) is 5.94. The third-order valence-corrected chi connectivity index (χ3v) is 9.28. The summed E-state index contributed by atoms with van der Waals surface area (Å²) in [5.41, 5.74) is 3.07. The molecule has 0 aromatic heterocycles. The molecule has 1 fully saturated rings. The van der Waals surface area contributed by atoms with Crippen molar-refractivity contribution < 1.29 is 18.0 Å². The van der Waals surface area contributed by atoms with Crippen LogP contribution in [0.1, 0.15) is 75.0 Å². The highest BCUT2D eigenvalue weighted by molar-refractivity contribution is 7.92. The molecule has 1 atom stereocenters. The Balaban J connectivity index is 1.81. The van der Waals surface area contributed by atoms with E-state index in [2.05, 4.69) is 5.32 Å². The molecule has 0 unspecified atom stereocenters. The Labute approximate surface area is 249 Å². The smallest absolute Gasteiger partial charge is 0.243 e. The molecular formula is C30H41Cl2N3O4S. The minimum Gasteiger partial charge on any atom is -0.352 e. The van der Waals surface area contributed by atoms with Crippen LogP contribution in [-0.4, -0.2) is 50.0 Å². The number of rotatable bonds is 12. The van der Waals surface area contributed by atoms with E-state index in [1.54, 1.807) is 23.1 Å². The maximum atomic E-state index is 13.7. The summed E-state index contributed by atoms with van der Waals surface area (Å²) in [6, 6.07) is 10.2. The number of anilines is 1. The Morgan fingerprint density at radius 2 is 1.62 bits per heavy atom. The molecule has 40 heavy (non-hydrogen) atoms. The van der Waals surface area contributed by atoms with Crippen molar-refractivity contribution in [1.82, 2.24) is 10.2 Å². The molecule has 3 rings (SSSR count). The molecule has 0 radical (unpaired) electrons. The van der Waals surface area contributed by atoms with Gasteiger partial charge in [-0.1, -0.05) is 61.5 Å². The van der Waals surface area contributed by atoms with Crippen LogP contribution in [0, 0.1) is 13.8 Å². The predicted octanol–water partition coefficient (Wildman–Crippen LogP) is 6.41. The number of carbonyl (C=O) groups is 2. The van der Waals surface area contributed by atoms with Crippen molar-refractivity contribution in [3.05, 3.63) is 63.1 Å². The highest BCUT2D eigenvalue weighted by atomic mass is 35.5. The van der Waals surface area contributed by atoms with E-state index in [0.29, 0.717) is 27.7 Å². The van der Waals surface area contributed by atoms with Crippen molar-refractivity contribution in [2.75, 3.05) is 17.1 Å². The fraction of sp³-hybridized carbons (Fsp3) is 0.533. The van der Waals surface area contributed by atoms with Crippen molar-refractivity contribution in [2.24, 2.45) is 0 Å². The van der Waals surface area contributed by atoms with E-state index in [9.17, 15) is 18.0 Å². The molecule has 1 saturated carbocycles. The number of hydrogen-bond acceptors (Lipinski definition) is 4. The fourth-order valence-corrected chi connectivity index (χ4v) is 6.88. The number of benzene rings is 2. The second-order valence-electron chi connectivity index (χ2n) is 10.8. The quantitative estimate of drug-likeness (QED) is 0.301. The maximum Gasteiger partial charge on any atom is 0.243 e. The van der Waals surface area contributed by atoms with Crippen LogP contribution in [0.15, 0.2) is 36.4 Å². The minimum atomic E-state index is -3.57. The Bertz CT molecular complexity index is 1260. The summed E-state index contributed by atoms with van der Waals surface area (Å²) in [5.74, 6) is -0.436. The minimum absolute atomic E-state index is 0.0616. The standard InChI is InChI=1S/C30H41Cl2N3O4S/c1-5-28(30(37)33-23-11-7-6-8-12-23)34(20-25-26(31)13-9-14-27(25)32)29(36)15-10-16-35(40(4,38)39)24-18-21(2)17-22(3)19-24/h9,13-14,17-19,23,28H,5-8,10-12,15-16,20H2,1-4H3,(H,33,37)/t28-/m1/s1. The van der Waals surface area contributed by atoms with Crippen molar-refractivity contribution in [3.8, 4) is 0 Å². The first-order valence-electron chi connectivity index (χ1n) is 14.0. The molecule has 0 aliphatic heterocycles. The SMILES string of the molecule is CC[C@H](C(=O)NC1CCCCC1)N(Cc1c(Cl)cccc1Cl)C(=O)CCCN(c1cc(C)cc(C)c1)S(C)(=O)=O.